The van der Waals surface area contributed by atoms with Crippen LogP contribution in [0.1, 0.15) is 24.0 Å². The number of hydrogen-bond donors (Lipinski definition) is 1. The molecule has 0 amide bonds. The van der Waals surface area contributed by atoms with E-state index in [1.807, 2.05) is 6.07 Å². The lowest BCUT2D eigenvalue weighted by Gasteiger charge is -2.28. The smallest absolute Gasteiger partial charge is 0.151 e. The summed E-state index contributed by atoms with van der Waals surface area (Å²) in [7, 11) is -1.12. The van der Waals surface area contributed by atoms with Gasteiger partial charge >= 0.3 is 0 Å². The maximum atomic E-state index is 11.5. The van der Waals surface area contributed by atoms with Gasteiger partial charge in [-0.05, 0) is 48.9 Å². The normalized spacial score (nSPS) is 28.1. The zero-order valence-electron chi connectivity index (χ0n) is 11.8. The molecule has 1 aromatic carbocycles. The van der Waals surface area contributed by atoms with Crippen LogP contribution in [0.25, 0.3) is 0 Å². The van der Waals surface area contributed by atoms with Crippen molar-refractivity contribution in [3.05, 3.63) is 29.3 Å². The third-order valence-electron chi connectivity index (χ3n) is 4.35. The number of hydrogen-bond acceptors (Lipinski definition) is 4. The number of aryl methyl sites for hydroxylation is 1. The van der Waals surface area contributed by atoms with E-state index in [1.54, 1.807) is 7.11 Å². The highest BCUT2D eigenvalue weighted by atomic mass is 32.2. The first-order chi connectivity index (χ1) is 9.55. The summed E-state index contributed by atoms with van der Waals surface area (Å²) in [5, 5.41) is 3.53. The molecule has 20 heavy (non-hydrogen) atoms. The quantitative estimate of drug-likeness (QED) is 0.914. The van der Waals surface area contributed by atoms with Crippen molar-refractivity contribution in [2.45, 2.75) is 37.8 Å². The summed E-state index contributed by atoms with van der Waals surface area (Å²) in [6.07, 6.45) is 3.85. The van der Waals surface area contributed by atoms with Crippen LogP contribution in [-0.2, 0) is 22.7 Å². The molecule has 2 unspecified atom stereocenters. The molecule has 0 bridgehead atoms. The van der Waals surface area contributed by atoms with Crippen LogP contribution in [0.4, 0.5) is 0 Å². The Kier molecular flexibility index (Phi) is 3.73. The summed E-state index contributed by atoms with van der Waals surface area (Å²) in [6, 6.07) is 6.78. The second-order valence-corrected chi connectivity index (χ2v) is 8.07. The minimum Gasteiger partial charge on any atom is -0.497 e. The summed E-state index contributed by atoms with van der Waals surface area (Å²) in [4.78, 5) is 0. The van der Waals surface area contributed by atoms with E-state index >= 15 is 0 Å². The first kappa shape index (κ1) is 13.9. The van der Waals surface area contributed by atoms with Crippen molar-refractivity contribution in [1.82, 2.24) is 5.32 Å². The van der Waals surface area contributed by atoms with Crippen molar-refractivity contribution in [3.63, 3.8) is 0 Å². The molecule has 5 heteroatoms. The summed E-state index contributed by atoms with van der Waals surface area (Å²) in [5.41, 5.74) is 2.72. The highest BCUT2D eigenvalue weighted by Gasteiger charge is 2.30. The molecule has 1 heterocycles. The van der Waals surface area contributed by atoms with Crippen molar-refractivity contribution in [3.8, 4) is 5.75 Å². The highest BCUT2D eigenvalue weighted by Crippen LogP contribution is 2.26. The van der Waals surface area contributed by atoms with Crippen LogP contribution in [0.3, 0.4) is 0 Å². The number of fused-ring (bicyclic) bond motifs is 1. The first-order valence-corrected chi connectivity index (χ1v) is 9.00. The van der Waals surface area contributed by atoms with E-state index in [4.69, 9.17) is 4.74 Å². The van der Waals surface area contributed by atoms with E-state index in [9.17, 15) is 8.42 Å². The Bertz CT molecular complexity index is 597. The van der Waals surface area contributed by atoms with Crippen LogP contribution in [0.2, 0.25) is 0 Å². The molecule has 1 fully saturated rings. The Morgan fingerprint density at radius 2 is 2.05 bits per heavy atom. The summed E-state index contributed by atoms with van der Waals surface area (Å²) < 4.78 is 28.3. The van der Waals surface area contributed by atoms with Gasteiger partial charge in [0.2, 0.25) is 0 Å². The summed E-state index contributed by atoms with van der Waals surface area (Å²) >= 11 is 0. The first-order valence-electron chi connectivity index (χ1n) is 7.18. The SMILES string of the molecule is COc1ccc2c(c1)CC(NC1CCS(=O)(=O)C1)CC2. The molecular formula is C15H21NO3S. The van der Waals surface area contributed by atoms with E-state index in [0.29, 0.717) is 17.5 Å². The van der Waals surface area contributed by atoms with E-state index < -0.39 is 9.84 Å². The van der Waals surface area contributed by atoms with Gasteiger partial charge in [-0.1, -0.05) is 6.07 Å². The zero-order chi connectivity index (χ0) is 14.2. The Balaban J connectivity index is 1.66. The number of rotatable bonds is 3. The van der Waals surface area contributed by atoms with Gasteiger partial charge in [0.25, 0.3) is 0 Å². The molecule has 3 rings (SSSR count). The van der Waals surface area contributed by atoms with Crippen molar-refractivity contribution in [1.29, 1.82) is 0 Å². The Morgan fingerprint density at radius 1 is 1.20 bits per heavy atom. The third kappa shape index (κ3) is 2.99. The summed E-state index contributed by atoms with van der Waals surface area (Å²) in [5.74, 6) is 1.53. The molecule has 0 spiro atoms. The Labute approximate surface area is 120 Å². The molecule has 110 valence electrons. The van der Waals surface area contributed by atoms with Crippen LogP contribution in [0.15, 0.2) is 18.2 Å². The Morgan fingerprint density at radius 3 is 2.75 bits per heavy atom. The van der Waals surface area contributed by atoms with Gasteiger partial charge in [-0.15, -0.1) is 0 Å². The monoisotopic (exact) mass is 295 g/mol. The number of methoxy groups -OCH3 is 1. The minimum absolute atomic E-state index is 0.136. The second kappa shape index (κ2) is 5.37. The second-order valence-electron chi connectivity index (χ2n) is 5.84. The lowest BCUT2D eigenvalue weighted by atomic mass is 9.87. The van der Waals surface area contributed by atoms with E-state index in [1.165, 1.54) is 11.1 Å². The fraction of sp³-hybridized carbons (Fsp3) is 0.600. The molecule has 0 saturated carbocycles. The molecule has 1 aliphatic heterocycles. The van der Waals surface area contributed by atoms with Gasteiger partial charge in [0.15, 0.2) is 9.84 Å². The van der Waals surface area contributed by atoms with Gasteiger partial charge in [0, 0.05) is 12.1 Å². The van der Waals surface area contributed by atoms with Gasteiger partial charge in [0.1, 0.15) is 5.75 Å². The molecule has 1 N–H and O–H groups in total. The topological polar surface area (TPSA) is 55.4 Å². The van der Waals surface area contributed by atoms with Crippen LogP contribution < -0.4 is 10.1 Å². The van der Waals surface area contributed by atoms with Gasteiger partial charge in [-0.25, -0.2) is 8.42 Å². The average Bonchev–Trinajstić information content (AvgIpc) is 2.77. The van der Waals surface area contributed by atoms with E-state index in [2.05, 4.69) is 17.4 Å². The fourth-order valence-corrected chi connectivity index (χ4v) is 4.95. The molecular weight excluding hydrogens is 274 g/mol. The maximum Gasteiger partial charge on any atom is 0.151 e. The van der Waals surface area contributed by atoms with Gasteiger partial charge in [-0.2, -0.15) is 0 Å². The number of ether oxygens (including phenoxy) is 1. The molecule has 4 nitrogen and oxygen atoms in total. The van der Waals surface area contributed by atoms with Crippen molar-refractivity contribution < 1.29 is 13.2 Å². The molecule has 0 aromatic heterocycles. The average molecular weight is 295 g/mol. The lowest BCUT2D eigenvalue weighted by molar-refractivity contribution is 0.401. The van der Waals surface area contributed by atoms with Crippen molar-refractivity contribution in [2.75, 3.05) is 18.6 Å². The zero-order valence-corrected chi connectivity index (χ0v) is 12.6. The number of benzene rings is 1. The van der Waals surface area contributed by atoms with E-state index in [-0.39, 0.29) is 6.04 Å². The molecule has 1 aromatic rings. The molecule has 1 saturated heterocycles. The fourth-order valence-electron chi connectivity index (χ4n) is 3.26. The highest BCUT2D eigenvalue weighted by molar-refractivity contribution is 7.91. The summed E-state index contributed by atoms with van der Waals surface area (Å²) in [6.45, 7) is 0. The van der Waals surface area contributed by atoms with Crippen LogP contribution in [0.5, 0.6) is 5.75 Å². The standard InChI is InChI=1S/C15H21NO3S/c1-19-15-5-3-11-2-4-13(8-12(11)9-15)16-14-6-7-20(17,18)10-14/h3,5,9,13-14,16H,2,4,6-8,10H2,1H3. The minimum atomic E-state index is -2.80. The van der Waals surface area contributed by atoms with E-state index in [0.717, 1.165) is 31.4 Å². The Hall–Kier alpha value is -1.07. The van der Waals surface area contributed by atoms with Crippen LogP contribution in [-0.4, -0.2) is 39.1 Å². The molecule has 1 aliphatic carbocycles. The predicted octanol–water partition coefficient (Wildman–Crippen LogP) is 1.33. The predicted molar refractivity (Wildman–Crippen MR) is 79.0 cm³/mol. The third-order valence-corrected chi connectivity index (χ3v) is 6.11. The molecule has 2 atom stereocenters. The maximum absolute atomic E-state index is 11.5. The largest absolute Gasteiger partial charge is 0.497 e. The van der Waals surface area contributed by atoms with Crippen LogP contribution >= 0.6 is 0 Å². The van der Waals surface area contributed by atoms with Crippen molar-refractivity contribution in [2.24, 2.45) is 0 Å². The van der Waals surface area contributed by atoms with Crippen molar-refractivity contribution >= 4 is 9.84 Å². The lowest BCUT2D eigenvalue weighted by Crippen LogP contribution is -2.42. The van der Waals surface area contributed by atoms with Gasteiger partial charge in [0.05, 0.1) is 18.6 Å². The molecule has 0 radical (unpaired) electrons. The van der Waals surface area contributed by atoms with Crippen LogP contribution in [0, 0.1) is 0 Å². The van der Waals surface area contributed by atoms with Gasteiger partial charge in [-0.3, -0.25) is 0 Å². The van der Waals surface area contributed by atoms with Gasteiger partial charge < -0.3 is 10.1 Å². The number of sulfone groups is 1. The number of nitrogens with one attached hydrogen (secondary N) is 1. The molecule has 2 aliphatic rings.